The van der Waals surface area contributed by atoms with Gasteiger partial charge in [0.2, 0.25) is 0 Å². The van der Waals surface area contributed by atoms with Gasteiger partial charge in [-0.3, -0.25) is 4.79 Å². The monoisotopic (exact) mass is 348 g/mol. The van der Waals surface area contributed by atoms with E-state index in [9.17, 15) is 10.1 Å². The van der Waals surface area contributed by atoms with Crippen molar-refractivity contribution >= 4 is 17.7 Å². The minimum atomic E-state index is -0.135. The molecule has 4 nitrogen and oxygen atoms in total. The lowest BCUT2D eigenvalue weighted by molar-refractivity contribution is 0.0951. The summed E-state index contributed by atoms with van der Waals surface area (Å²) in [6.45, 7) is 0.500. The fraction of sp³-hybridized carbons (Fsp3) is 0.100. The second-order valence-corrected chi connectivity index (χ2v) is 6.38. The van der Waals surface area contributed by atoms with Gasteiger partial charge in [0, 0.05) is 22.8 Å². The minimum absolute atomic E-state index is 0.135. The second-order valence-electron chi connectivity index (χ2n) is 5.29. The van der Waals surface area contributed by atoms with Crippen molar-refractivity contribution in [3.63, 3.8) is 0 Å². The van der Waals surface area contributed by atoms with E-state index in [0.29, 0.717) is 24.1 Å². The van der Waals surface area contributed by atoms with Crippen LogP contribution < -0.4 is 5.32 Å². The van der Waals surface area contributed by atoms with Crippen molar-refractivity contribution in [2.45, 2.75) is 16.2 Å². The molecule has 0 unspecified atom stereocenters. The van der Waals surface area contributed by atoms with Gasteiger partial charge in [-0.2, -0.15) is 5.26 Å². The molecule has 1 N–H and O–H groups in total. The van der Waals surface area contributed by atoms with Gasteiger partial charge in [-0.25, -0.2) is 0 Å². The third-order valence-electron chi connectivity index (χ3n) is 3.60. The van der Waals surface area contributed by atoms with Gasteiger partial charge in [-0.1, -0.05) is 36.0 Å². The van der Waals surface area contributed by atoms with E-state index in [1.165, 1.54) is 11.8 Å². The average Bonchev–Trinajstić information content (AvgIpc) is 3.16. The molecule has 1 heterocycles. The Morgan fingerprint density at radius 1 is 1.04 bits per heavy atom. The van der Waals surface area contributed by atoms with Gasteiger partial charge in [0.1, 0.15) is 11.8 Å². The number of hydrogen-bond donors (Lipinski definition) is 1. The lowest BCUT2D eigenvalue weighted by Gasteiger charge is -2.10. The number of furan rings is 1. The summed E-state index contributed by atoms with van der Waals surface area (Å²) in [5.41, 5.74) is 1.19. The first kappa shape index (κ1) is 16.9. The number of nitrogens with one attached hydrogen (secondary N) is 1. The fourth-order valence-corrected chi connectivity index (χ4v) is 3.38. The van der Waals surface area contributed by atoms with Crippen molar-refractivity contribution in [3.05, 3.63) is 83.8 Å². The van der Waals surface area contributed by atoms with Crippen LogP contribution in [-0.4, -0.2) is 12.5 Å². The van der Waals surface area contributed by atoms with Crippen LogP contribution in [0.4, 0.5) is 0 Å². The second kappa shape index (κ2) is 8.22. The first-order valence-corrected chi connectivity index (χ1v) is 8.66. The van der Waals surface area contributed by atoms with Crippen LogP contribution in [0.25, 0.3) is 0 Å². The molecular formula is C20H16N2O2S. The molecule has 0 fully saturated rings. The van der Waals surface area contributed by atoms with Crippen molar-refractivity contribution in [3.8, 4) is 6.07 Å². The third kappa shape index (κ3) is 4.31. The smallest absolute Gasteiger partial charge is 0.252 e. The summed E-state index contributed by atoms with van der Waals surface area (Å²) in [5.74, 6) is 0.704. The average molecular weight is 348 g/mol. The Bertz CT molecular complexity index is 898. The summed E-state index contributed by atoms with van der Waals surface area (Å²) >= 11 is 1.42. The summed E-state index contributed by atoms with van der Waals surface area (Å²) in [7, 11) is 0. The molecule has 25 heavy (non-hydrogen) atoms. The van der Waals surface area contributed by atoms with E-state index in [-0.39, 0.29) is 5.91 Å². The summed E-state index contributed by atoms with van der Waals surface area (Å²) in [6.07, 6.45) is 2.26. The van der Waals surface area contributed by atoms with Gasteiger partial charge in [0.05, 0.1) is 17.4 Å². The molecule has 124 valence electrons. The zero-order valence-corrected chi connectivity index (χ0v) is 14.3. The zero-order valence-electron chi connectivity index (χ0n) is 13.4. The molecule has 3 aromatic rings. The van der Waals surface area contributed by atoms with E-state index in [1.807, 2.05) is 48.5 Å². The largest absolute Gasteiger partial charge is 0.469 e. The van der Waals surface area contributed by atoms with Crippen molar-refractivity contribution in [1.82, 2.24) is 5.32 Å². The molecule has 0 aliphatic heterocycles. The highest BCUT2D eigenvalue weighted by Gasteiger charge is 2.13. The van der Waals surface area contributed by atoms with Crippen LogP contribution in [0.15, 0.2) is 81.1 Å². The van der Waals surface area contributed by atoms with Crippen LogP contribution in [0.3, 0.4) is 0 Å². The number of amides is 1. The van der Waals surface area contributed by atoms with E-state index in [4.69, 9.17) is 4.42 Å². The van der Waals surface area contributed by atoms with E-state index < -0.39 is 0 Å². The fourth-order valence-electron chi connectivity index (χ4n) is 2.36. The van der Waals surface area contributed by atoms with Crippen LogP contribution in [0.5, 0.6) is 0 Å². The lowest BCUT2D eigenvalue weighted by Crippen LogP contribution is -2.26. The molecule has 0 atom stereocenters. The quantitative estimate of drug-likeness (QED) is 0.722. The summed E-state index contributed by atoms with van der Waals surface area (Å²) in [4.78, 5) is 14.2. The number of nitriles is 1. The highest BCUT2D eigenvalue weighted by Crippen LogP contribution is 2.32. The number of carbonyl (C=O) groups excluding carboxylic acids is 1. The molecule has 1 aromatic heterocycles. The van der Waals surface area contributed by atoms with E-state index in [2.05, 4.69) is 11.4 Å². The third-order valence-corrected chi connectivity index (χ3v) is 4.75. The number of hydrogen-bond acceptors (Lipinski definition) is 4. The standard InChI is InChI=1S/C20H16N2O2S/c21-14-15-6-1-3-9-18(15)25-19-10-4-2-8-17(19)20(23)22-12-11-16-7-5-13-24-16/h1-10,13H,11-12H2,(H,22,23). The Balaban J connectivity index is 1.72. The zero-order chi connectivity index (χ0) is 17.5. The maximum absolute atomic E-state index is 12.5. The van der Waals surface area contributed by atoms with Gasteiger partial charge >= 0.3 is 0 Å². The van der Waals surface area contributed by atoms with Crippen molar-refractivity contribution in [1.29, 1.82) is 5.26 Å². The maximum atomic E-state index is 12.5. The molecule has 0 radical (unpaired) electrons. The Morgan fingerprint density at radius 2 is 1.80 bits per heavy atom. The summed E-state index contributed by atoms with van der Waals surface area (Å²) in [5, 5.41) is 12.1. The number of benzene rings is 2. The highest BCUT2D eigenvalue weighted by molar-refractivity contribution is 7.99. The Labute approximate surface area is 150 Å². The molecule has 0 spiro atoms. The van der Waals surface area contributed by atoms with Gasteiger partial charge in [-0.15, -0.1) is 0 Å². The van der Waals surface area contributed by atoms with Crippen LogP contribution in [-0.2, 0) is 6.42 Å². The van der Waals surface area contributed by atoms with Crippen LogP contribution in [0, 0.1) is 11.3 Å². The Kier molecular flexibility index (Phi) is 5.55. The van der Waals surface area contributed by atoms with E-state index in [1.54, 1.807) is 18.4 Å². The maximum Gasteiger partial charge on any atom is 0.252 e. The van der Waals surface area contributed by atoms with E-state index in [0.717, 1.165) is 15.6 Å². The van der Waals surface area contributed by atoms with E-state index >= 15 is 0 Å². The predicted octanol–water partition coefficient (Wildman–Crippen LogP) is 4.27. The molecule has 0 aliphatic rings. The number of carbonyl (C=O) groups is 1. The molecule has 3 rings (SSSR count). The summed E-state index contributed by atoms with van der Waals surface area (Å²) in [6, 6.07) is 20.7. The number of nitrogens with zero attached hydrogens (tertiary/aromatic N) is 1. The summed E-state index contributed by atoms with van der Waals surface area (Å²) < 4.78 is 5.26. The molecule has 0 bridgehead atoms. The molecule has 0 saturated carbocycles. The topological polar surface area (TPSA) is 66.0 Å². The van der Waals surface area contributed by atoms with Crippen LogP contribution in [0.1, 0.15) is 21.7 Å². The molecule has 2 aromatic carbocycles. The molecule has 0 aliphatic carbocycles. The minimum Gasteiger partial charge on any atom is -0.469 e. The van der Waals surface area contributed by atoms with Gasteiger partial charge in [0.25, 0.3) is 5.91 Å². The Hall–Kier alpha value is -2.97. The molecule has 0 saturated heterocycles. The molecule has 1 amide bonds. The Morgan fingerprint density at radius 3 is 2.56 bits per heavy atom. The van der Waals surface area contributed by atoms with Crippen molar-refractivity contribution in [2.24, 2.45) is 0 Å². The highest BCUT2D eigenvalue weighted by atomic mass is 32.2. The van der Waals surface area contributed by atoms with Crippen molar-refractivity contribution in [2.75, 3.05) is 6.54 Å². The van der Waals surface area contributed by atoms with Crippen LogP contribution in [0.2, 0.25) is 0 Å². The predicted molar refractivity (Wildman–Crippen MR) is 96.5 cm³/mol. The van der Waals surface area contributed by atoms with Crippen molar-refractivity contribution < 1.29 is 9.21 Å². The normalized spacial score (nSPS) is 10.2. The lowest BCUT2D eigenvalue weighted by atomic mass is 10.2. The van der Waals surface area contributed by atoms with Gasteiger partial charge < -0.3 is 9.73 Å². The SMILES string of the molecule is N#Cc1ccccc1Sc1ccccc1C(=O)NCCc1ccco1. The first-order valence-electron chi connectivity index (χ1n) is 7.84. The molecular weight excluding hydrogens is 332 g/mol. The van der Waals surface area contributed by atoms with Gasteiger partial charge in [-0.05, 0) is 36.4 Å². The first-order chi connectivity index (χ1) is 12.3. The van der Waals surface area contributed by atoms with Gasteiger partial charge in [0.15, 0.2) is 0 Å². The number of rotatable bonds is 6. The molecule has 5 heteroatoms. The van der Waals surface area contributed by atoms with Crippen LogP contribution >= 0.6 is 11.8 Å².